The number of hydrogen-bond donors (Lipinski definition) is 0. The summed E-state index contributed by atoms with van der Waals surface area (Å²) in [5.74, 6) is 0.603. The molecule has 0 N–H and O–H groups in total. The molecule has 1 rings (SSSR count). The Morgan fingerprint density at radius 2 is 1.75 bits per heavy atom. The van der Waals surface area contributed by atoms with E-state index in [1.807, 2.05) is 32.0 Å². The Hall–Kier alpha value is -0.157. The Morgan fingerprint density at radius 3 is 2.00 bits per heavy atom. The third-order valence-electron chi connectivity index (χ3n) is 1.36. The monoisotopic (exact) mass is 252 g/mol. The first-order valence-electron chi connectivity index (χ1n) is 4.27. The first kappa shape index (κ1) is 14.4. The fourth-order valence-corrected chi connectivity index (χ4v) is 0.766. The third kappa shape index (κ3) is 5.49. The summed E-state index contributed by atoms with van der Waals surface area (Å²) in [5.41, 5.74) is 1.29. The molecule has 0 spiro atoms. The second-order valence-corrected chi connectivity index (χ2v) is 2.47. The van der Waals surface area contributed by atoms with E-state index in [9.17, 15) is 0 Å². The molecule has 12 heavy (non-hydrogen) atoms. The van der Waals surface area contributed by atoms with Crippen molar-refractivity contribution in [3.63, 3.8) is 0 Å². The van der Waals surface area contributed by atoms with Gasteiger partial charge in [0.25, 0.3) is 0 Å². The number of hydrogen-bond acceptors (Lipinski definition) is 0. The number of benzene rings is 1. The first-order chi connectivity index (χ1) is 5.30. The zero-order valence-electron chi connectivity index (χ0n) is 8.22. The van der Waals surface area contributed by atoms with Gasteiger partial charge in [-0.15, -0.1) is 0 Å². The smallest absolute Gasteiger partial charge is 0 e. The van der Waals surface area contributed by atoms with Crippen molar-refractivity contribution in [1.82, 2.24) is 0 Å². The second-order valence-electron chi connectivity index (χ2n) is 2.47. The van der Waals surface area contributed by atoms with E-state index in [0.717, 1.165) is 0 Å². The van der Waals surface area contributed by atoms with Crippen LogP contribution >= 0.6 is 0 Å². The van der Waals surface area contributed by atoms with E-state index >= 15 is 0 Å². The molecule has 0 fully saturated rings. The molecule has 0 aromatic heterocycles. The maximum absolute atomic E-state index is 3.17. The molecule has 71 valence electrons. The maximum Gasteiger partial charge on any atom is 0 e. The Balaban J connectivity index is 0. The topological polar surface area (TPSA) is 0 Å². The van der Waals surface area contributed by atoms with Gasteiger partial charge in [-0.1, -0.05) is 27.7 Å². The molecule has 1 aromatic carbocycles. The molecule has 0 atom stereocenters. The predicted molar refractivity (Wildman–Crippen MR) is 50.7 cm³/mol. The Bertz CT molecular complexity index is 168. The van der Waals surface area contributed by atoms with Crippen LogP contribution in [0.2, 0.25) is 0 Å². The van der Waals surface area contributed by atoms with E-state index in [0.29, 0.717) is 5.92 Å². The number of rotatable bonds is 1. The van der Waals surface area contributed by atoms with Gasteiger partial charge in [0.1, 0.15) is 0 Å². The average Bonchev–Trinajstić information content (AvgIpc) is 2.10. The SMILES string of the molecule is CC.CC(C)c1[c-]cccc1.[Rh]. The van der Waals surface area contributed by atoms with Gasteiger partial charge in [0.15, 0.2) is 0 Å². The van der Waals surface area contributed by atoms with Crippen molar-refractivity contribution >= 4 is 0 Å². The van der Waals surface area contributed by atoms with E-state index < -0.39 is 0 Å². The summed E-state index contributed by atoms with van der Waals surface area (Å²) in [4.78, 5) is 0. The van der Waals surface area contributed by atoms with Crippen molar-refractivity contribution in [1.29, 1.82) is 0 Å². The van der Waals surface area contributed by atoms with Crippen molar-refractivity contribution in [2.45, 2.75) is 33.6 Å². The zero-order valence-corrected chi connectivity index (χ0v) is 9.86. The molecule has 0 amide bonds. The van der Waals surface area contributed by atoms with Gasteiger partial charge in [-0.05, 0) is 5.92 Å². The van der Waals surface area contributed by atoms with Gasteiger partial charge in [0.2, 0.25) is 0 Å². The maximum atomic E-state index is 3.17. The minimum Gasteiger partial charge on any atom is -0.180 e. The second kappa shape index (κ2) is 8.94. The molecule has 0 unspecified atom stereocenters. The van der Waals surface area contributed by atoms with Crippen LogP contribution in [-0.2, 0) is 19.5 Å². The van der Waals surface area contributed by atoms with Crippen LogP contribution in [0.4, 0.5) is 0 Å². The summed E-state index contributed by atoms with van der Waals surface area (Å²) in [5, 5.41) is 0. The molecule has 0 saturated heterocycles. The summed E-state index contributed by atoms with van der Waals surface area (Å²) in [7, 11) is 0. The van der Waals surface area contributed by atoms with Crippen LogP contribution in [0.3, 0.4) is 0 Å². The van der Waals surface area contributed by atoms with Gasteiger partial charge in [-0.3, -0.25) is 0 Å². The standard InChI is InChI=1S/C9H11.C2H6.Rh/c1-8(2)9-6-4-3-5-7-9;1-2;/h3-6,8H,1-2H3;1-2H3;/q-1;;. The van der Waals surface area contributed by atoms with E-state index in [4.69, 9.17) is 0 Å². The van der Waals surface area contributed by atoms with Crippen molar-refractivity contribution in [3.05, 3.63) is 35.9 Å². The van der Waals surface area contributed by atoms with Crippen molar-refractivity contribution in [2.24, 2.45) is 0 Å². The minimum atomic E-state index is 0. The quantitative estimate of drug-likeness (QED) is 0.528. The van der Waals surface area contributed by atoms with Gasteiger partial charge in [0, 0.05) is 19.5 Å². The van der Waals surface area contributed by atoms with E-state index in [1.165, 1.54) is 5.56 Å². The Morgan fingerprint density at radius 1 is 1.17 bits per heavy atom. The Kier molecular flexibility index (Phi) is 10.7. The molecule has 1 heteroatoms. The molecular formula is C11H17Rh-. The van der Waals surface area contributed by atoms with Crippen LogP contribution in [0, 0.1) is 6.07 Å². The van der Waals surface area contributed by atoms with E-state index in [1.54, 1.807) is 0 Å². The summed E-state index contributed by atoms with van der Waals surface area (Å²) in [6.07, 6.45) is 0. The van der Waals surface area contributed by atoms with Crippen LogP contribution < -0.4 is 0 Å². The molecule has 0 heterocycles. The Labute approximate surface area is 89.1 Å². The summed E-state index contributed by atoms with van der Waals surface area (Å²) in [6.45, 7) is 8.34. The molecular weight excluding hydrogens is 235 g/mol. The molecule has 0 nitrogen and oxygen atoms in total. The van der Waals surface area contributed by atoms with Gasteiger partial charge >= 0.3 is 0 Å². The molecule has 0 aliphatic carbocycles. The molecule has 0 aliphatic heterocycles. The molecule has 0 aliphatic rings. The van der Waals surface area contributed by atoms with Crippen LogP contribution in [0.1, 0.15) is 39.2 Å². The predicted octanol–water partition coefficient (Wildman–Crippen LogP) is 3.63. The van der Waals surface area contributed by atoms with Crippen molar-refractivity contribution in [2.75, 3.05) is 0 Å². The fourth-order valence-electron chi connectivity index (χ4n) is 0.766. The molecule has 1 radical (unpaired) electrons. The summed E-state index contributed by atoms with van der Waals surface area (Å²) < 4.78 is 0. The van der Waals surface area contributed by atoms with Crippen molar-refractivity contribution in [3.8, 4) is 0 Å². The van der Waals surface area contributed by atoms with Gasteiger partial charge in [0.05, 0.1) is 0 Å². The normalized spacial score (nSPS) is 8.08. The average molecular weight is 252 g/mol. The van der Waals surface area contributed by atoms with E-state index in [2.05, 4.69) is 26.0 Å². The largest absolute Gasteiger partial charge is 0.180 e. The van der Waals surface area contributed by atoms with Crippen LogP contribution in [-0.4, -0.2) is 0 Å². The van der Waals surface area contributed by atoms with Crippen LogP contribution in [0.15, 0.2) is 24.3 Å². The first-order valence-corrected chi connectivity index (χ1v) is 4.27. The fraction of sp³-hybridized carbons (Fsp3) is 0.455. The molecule has 0 bridgehead atoms. The van der Waals surface area contributed by atoms with Crippen LogP contribution in [0.25, 0.3) is 0 Å². The zero-order chi connectivity index (χ0) is 8.69. The van der Waals surface area contributed by atoms with Gasteiger partial charge in [-0.2, -0.15) is 35.9 Å². The van der Waals surface area contributed by atoms with Crippen LogP contribution in [0.5, 0.6) is 0 Å². The van der Waals surface area contributed by atoms with Gasteiger partial charge < -0.3 is 0 Å². The van der Waals surface area contributed by atoms with Crippen molar-refractivity contribution < 1.29 is 19.5 Å². The minimum absolute atomic E-state index is 0. The summed E-state index contributed by atoms with van der Waals surface area (Å²) in [6, 6.07) is 11.3. The van der Waals surface area contributed by atoms with E-state index in [-0.39, 0.29) is 19.5 Å². The molecule has 0 saturated carbocycles. The third-order valence-corrected chi connectivity index (χ3v) is 1.36. The van der Waals surface area contributed by atoms with Gasteiger partial charge in [-0.25, -0.2) is 0 Å². The molecule has 1 aromatic rings. The summed E-state index contributed by atoms with van der Waals surface area (Å²) >= 11 is 0.